The van der Waals surface area contributed by atoms with Gasteiger partial charge in [-0.1, -0.05) is 6.07 Å². The number of carbonyl (C=O) groups is 1. The largest absolute Gasteiger partial charge is 0.341 e. The molecule has 30 heavy (non-hydrogen) atoms. The third-order valence-electron chi connectivity index (χ3n) is 4.85. The Morgan fingerprint density at radius 1 is 1.23 bits per heavy atom. The molecule has 0 radical (unpaired) electrons. The van der Waals surface area contributed by atoms with E-state index in [1.807, 2.05) is 17.5 Å². The summed E-state index contributed by atoms with van der Waals surface area (Å²) in [7, 11) is 0. The Bertz CT molecular complexity index is 1070. The summed E-state index contributed by atoms with van der Waals surface area (Å²) in [5.41, 5.74) is 0.258. The number of hydrogen-bond acceptors (Lipinski definition) is 7. The molecule has 1 aliphatic rings. The van der Waals surface area contributed by atoms with Crippen LogP contribution in [0.25, 0.3) is 10.6 Å². The predicted molar refractivity (Wildman–Crippen MR) is 104 cm³/mol. The van der Waals surface area contributed by atoms with E-state index in [-0.39, 0.29) is 30.9 Å². The van der Waals surface area contributed by atoms with E-state index in [0.717, 1.165) is 4.88 Å². The van der Waals surface area contributed by atoms with Crippen LogP contribution in [0.5, 0.6) is 0 Å². The van der Waals surface area contributed by atoms with Gasteiger partial charge in [-0.15, -0.1) is 11.3 Å². The van der Waals surface area contributed by atoms with Crippen LogP contribution in [0.2, 0.25) is 0 Å². The molecule has 0 unspecified atom stereocenters. The van der Waals surface area contributed by atoms with Crippen molar-refractivity contribution >= 4 is 22.9 Å². The number of carbonyl (C=O) groups excluding carboxylic acids is 1. The number of thiophene rings is 1. The molecule has 0 N–H and O–H groups in total. The zero-order valence-corrected chi connectivity index (χ0v) is 16.3. The van der Waals surface area contributed by atoms with Crippen LogP contribution in [0.15, 0.2) is 48.1 Å². The maximum atomic E-state index is 14.5. The van der Waals surface area contributed by atoms with Gasteiger partial charge < -0.3 is 4.90 Å². The molecule has 0 bridgehead atoms. The molecule has 0 aromatic carbocycles. The Morgan fingerprint density at radius 2 is 1.97 bits per heavy atom. The van der Waals surface area contributed by atoms with Gasteiger partial charge in [0.2, 0.25) is 5.91 Å². The first-order valence-electron chi connectivity index (χ1n) is 8.97. The SMILES string of the molecule is O=C(Cc1nc(-c2cccs2)ccc1[N+](=O)[O-])N1CC(C(F)(F)c2ncccn2)C1. The lowest BCUT2D eigenvalue weighted by molar-refractivity contribution is -0.385. The van der Waals surface area contributed by atoms with Crippen molar-refractivity contribution in [2.45, 2.75) is 12.3 Å². The number of pyridine rings is 1. The Labute approximate surface area is 173 Å². The maximum absolute atomic E-state index is 14.5. The van der Waals surface area contributed by atoms with Crippen LogP contribution >= 0.6 is 11.3 Å². The van der Waals surface area contributed by atoms with Gasteiger partial charge in [0.25, 0.3) is 5.69 Å². The smallest absolute Gasteiger partial charge is 0.312 e. The molecule has 1 aliphatic heterocycles. The predicted octanol–water partition coefficient (Wildman–Crippen LogP) is 3.30. The van der Waals surface area contributed by atoms with E-state index in [1.165, 1.54) is 46.8 Å². The second-order valence-corrected chi connectivity index (χ2v) is 7.71. The molecule has 0 atom stereocenters. The number of aromatic nitrogens is 3. The van der Waals surface area contributed by atoms with Gasteiger partial charge in [-0.3, -0.25) is 14.9 Å². The van der Waals surface area contributed by atoms with E-state index in [1.54, 1.807) is 0 Å². The molecule has 0 aliphatic carbocycles. The Balaban J connectivity index is 1.47. The Kier molecular flexibility index (Phi) is 5.20. The van der Waals surface area contributed by atoms with Gasteiger partial charge in [0.1, 0.15) is 5.69 Å². The molecule has 1 saturated heterocycles. The summed E-state index contributed by atoms with van der Waals surface area (Å²) in [6, 6.07) is 7.92. The highest BCUT2D eigenvalue weighted by Crippen LogP contribution is 2.39. The van der Waals surface area contributed by atoms with E-state index >= 15 is 0 Å². The average molecular weight is 431 g/mol. The molecule has 1 amide bonds. The number of rotatable bonds is 6. The van der Waals surface area contributed by atoms with Crippen molar-refractivity contribution in [1.29, 1.82) is 0 Å². The van der Waals surface area contributed by atoms with Crippen molar-refractivity contribution < 1.29 is 18.5 Å². The fraction of sp³-hybridized carbons (Fsp3) is 0.263. The molecule has 1 fully saturated rings. The van der Waals surface area contributed by atoms with E-state index in [0.29, 0.717) is 5.69 Å². The molecule has 0 saturated carbocycles. The van der Waals surface area contributed by atoms with Crippen LogP contribution < -0.4 is 0 Å². The molecular formula is C19H15F2N5O3S. The molecule has 0 spiro atoms. The first-order valence-corrected chi connectivity index (χ1v) is 9.85. The fourth-order valence-electron chi connectivity index (χ4n) is 3.17. The minimum atomic E-state index is -3.26. The number of likely N-dealkylation sites (tertiary alicyclic amines) is 1. The lowest BCUT2D eigenvalue weighted by atomic mass is 9.91. The number of nitro groups is 1. The second kappa shape index (κ2) is 7.82. The maximum Gasteiger partial charge on any atom is 0.312 e. The number of alkyl halides is 2. The minimum absolute atomic E-state index is 0.0116. The van der Waals surface area contributed by atoms with Crippen molar-refractivity contribution in [2.75, 3.05) is 13.1 Å². The van der Waals surface area contributed by atoms with Crippen molar-refractivity contribution in [2.24, 2.45) is 5.92 Å². The van der Waals surface area contributed by atoms with Gasteiger partial charge >= 0.3 is 5.92 Å². The standard InChI is InChI=1S/C19H15F2N5O3S/c20-19(21,18-22-6-2-7-23-18)12-10-25(11-12)17(27)9-14-15(26(28)29)5-4-13(24-14)16-3-1-8-30-16/h1-8,12H,9-11H2. The summed E-state index contributed by atoms with van der Waals surface area (Å²) >= 11 is 1.42. The Hall–Kier alpha value is -3.34. The van der Waals surface area contributed by atoms with Crippen molar-refractivity contribution in [3.8, 4) is 10.6 Å². The third kappa shape index (κ3) is 3.75. The molecule has 3 aromatic rings. The van der Waals surface area contributed by atoms with Gasteiger partial charge in [0, 0.05) is 31.5 Å². The van der Waals surface area contributed by atoms with Crippen LogP contribution in [0.3, 0.4) is 0 Å². The van der Waals surface area contributed by atoms with E-state index in [4.69, 9.17) is 0 Å². The van der Waals surface area contributed by atoms with E-state index < -0.39 is 28.5 Å². The molecule has 4 rings (SSSR count). The lowest BCUT2D eigenvalue weighted by Gasteiger charge is -2.42. The molecule has 11 heteroatoms. The van der Waals surface area contributed by atoms with Crippen LogP contribution in [0, 0.1) is 16.0 Å². The Morgan fingerprint density at radius 3 is 2.60 bits per heavy atom. The van der Waals surface area contributed by atoms with Crippen LogP contribution in [-0.4, -0.2) is 43.8 Å². The molecule has 3 aromatic heterocycles. The second-order valence-electron chi connectivity index (χ2n) is 6.76. The number of halogens is 2. The van der Waals surface area contributed by atoms with Gasteiger partial charge in [-0.2, -0.15) is 8.78 Å². The molecular weight excluding hydrogens is 416 g/mol. The van der Waals surface area contributed by atoms with Crippen molar-refractivity contribution in [1.82, 2.24) is 19.9 Å². The van der Waals surface area contributed by atoms with Crippen LogP contribution in [0.1, 0.15) is 11.5 Å². The van der Waals surface area contributed by atoms with Crippen LogP contribution in [0.4, 0.5) is 14.5 Å². The summed E-state index contributed by atoms with van der Waals surface area (Å²) in [5, 5.41) is 13.2. The highest BCUT2D eigenvalue weighted by Gasteiger charge is 2.51. The van der Waals surface area contributed by atoms with E-state index in [2.05, 4.69) is 15.0 Å². The fourth-order valence-corrected chi connectivity index (χ4v) is 3.87. The number of amides is 1. The third-order valence-corrected chi connectivity index (χ3v) is 5.74. The number of nitrogens with zero attached hydrogens (tertiary/aromatic N) is 5. The van der Waals surface area contributed by atoms with Gasteiger partial charge in [-0.25, -0.2) is 15.0 Å². The zero-order valence-electron chi connectivity index (χ0n) is 15.4. The highest BCUT2D eigenvalue weighted by atomic mass is 32.1. The zero-order chi connectivity index (χ0) is 21.3. The molecule has 8 nitrogen and oxygen atoms in total. The molecule has 154 valence electrons. The first-order chi connectivity index (χ1) is 14.4. The normalized spacial score (nSPS) is 14.4. The first kappa shape index (κ1) is 20.0. The van der Waals surface area contributed by atoms with E-state index in [9.17, 15) is 23.7 Å². The van der Waals surface area contributed by atoms with Crippen molar-refractivity contribution in [3.05, 3.63) is 69.7 Å². The topological polar surface area (TPSA) is 102 Å². The summed E-state index contributed by atoms with van der Waals surface area (Å²) in [6.07, 6.45) is 2.14. The monoisotopic (exact) mass is 431 g/mol. The van der Waals surface area contributed by atoms with Gasteiger partial charge in [-0.05, 0) is 23.6 Å². The summed E-state index contributed by atoms with van der Waals surface area (Å²) in [6.45, 7) is -0.356. The van der Waals surface area contributed by atoms with Gasteiger partial charge in [0.05, 0.1) is 27.8 Å². The van der Waals surface area contributed by atoms with Gasteiger partial charge in [0.15, 0.2) is 5.82 Å². The summed E-state index contributed by atoms with van der Waals surface area (Å²) < 4.78 is 29.0. The quantitative estimate of drug-likeness (QED) is 0.438. The highest BCUT2D eigenvalue weighted by molar-refractivity contribution is 7.13. The average Bonchev–Trinajstić information content (AvgIpc) is 3.22. The summed E-state index contributed by atoms with van der Waals surface area (Å²) in [4.78, 5) is 36.8. The summed E-state index contributed by atoms with van der Waals surface area (Å²) in [5.74, 6) is -5.44. The minimum Gasteiger partial charge on any atom is -0.341 e. The van der Waals surface area contributed by atoms with Crippen LogP contribution in [-0.2, 0) is 17.1 Å². The van der Waals surface area contributed by atoms with Crippen molar-refractivity contribution in [3.63, 3.8) is 0 Å². The molecule has 4 heterocycles. The lowest BCUT2D eigenvalue weighted by Crippen LogP contribution is -2.56. The number of hydrogen-bond donors (Lipinski definition) is 0.